The quantitative estimate of drug-likeness (QED) is 0.568. The molecule has 0 aliphatic carbocycles. The fourth-order valence-electron chi connectivity index (χ4n) is 3.02. The number of likely N-dealkylation sites (tertiary alicyclic amines) is 1. The normalized spacial score (nSPS) is 16.5. The van der Waals surface area contributed by atoms with Crippen LogP contribution in [-0.4, -0.2) is 42.3 Å². The van der Waals surface area contributed by atoms with Crippen LogP contribution < -0.4 is 0 Å². The number of esters is 1. The van der Waals surface area contributed by atoms with Gasteiger partial charge in [-0.1, -0.05) is 60.7 Å². The van der Waals surface area contributed by atoms with Crippen LogP contribution >= 0.6 is 0 Å². The number of rotatable bonds is 7. The van der Waals surface area contributed by atoms with Crippen molar-refractivity contribution in [3.63, 3.8) is 0 Å². The van der Waals surface area contributed by atoms with E-state index in [0.717, 1.165) is 12.0 Å². The first-order valence-corrected chi connectivity index (χ1v) is 8.70. The van der Waals surface area contributed by atoms with Crippen molar-refractivity contribution < 1.29 is 19.1 Å². The number of Topliss-reactive ketones (excluding diaryl/α,β-unsaturated/α-hetero) is 1. The SMILES string of the molecule is O=C(COC(=O)C1CC(=O)N(CCc2ccccc2)C1)c1ccccc1. The number of amides is 1. The summed E-state index contributed by atoms with van der Waals surface area (Å²) < 4.78 is 5.13. The molecule has 0 aromatic heterocycles. The Hall–Kier alpha value is -2.95. The van der Waals surface area contributed by atoms with Gasteiger partial charge < -0.3 is 9.64 Å². The number of hydrogen-bond acceptors (Lipinski definition) is 4. The predicted octanol–water partition coefficient (Wildman–Crippen LogP) is 2.50. The highest BCUT2D eigenvalue weighted by Gasteiger charge is 2.35. The summed E-state index contributed by atoms with van der Waals surface area (Å²) in [5.41, 5.74) is 1.66. The van der Waals surface area contributed by atoms with E-state index in [-0.39, 0.29) is 24.7 Å². The van der Waals surface area contributed by atoms with Gasteiger partial charge in [0, 0.05) is 25.1 Å². The number of benzene rings is 2. The first-order chi connectivity index (χ1) is 12.6. The van der Waals surface area contributed by atoms with Gasteiger partial charge in [0.25, 0.3) is 0 Å². The van der Waals surface area contributed by atoms with Crippen LogP contribution in [0.1, 0.15) is 22.3 Å². The summed E-state index contributed by atoms with van der Waals surface area (Å²) >= 11 is 0. The minimum absolute atomic E-state index is 0.0442. The summed E-state index contributed by atoms with van der Waals surface area (Å²) in [6.45, 7) is 0.636. The number of ketones is 1. The van der Waals surface area contributed by atoms with Crippen molar-refractivity contribution in [3.8, 4) is 0 Å². The van der Waals surface area contributed by atoms with Gasteiger partial charge in [0.1, 0.15) is 0 Å². The highest BCUT2D eigenvalue weighted by molar-refractivity contribution is 5.98. The number of hydrogen-bond donors (Lipinski definition) is 0. The van der Waals surface area contributed by atoms with E-state index in [1.807, 2.05) is 36.4 Å². The average molecular weight is 351 g/mol. The smallest absolute Gasteiger partial charge is 0.311 e. The molecule has 0 N–H and O–H groups in total. The standard InChI is InChI=1S/C21H21NO4/c23-19(17-9-5-2-6-10-17)15-26-21(25)18-13-20(24)22(14-18)12-11-16-7-3-1-4-8-16/h1-10,18H,11-15H2. The molecule has 1 amide bonds. The van der Waals surface area contributed by atoms with Crippen molar-refractivity contribution in [3.05, 3.63) is 71.8 Å². The summed E-state index contributed by atoms with van der Waals surface area (Å²) in [5.74, 6) is -1.27. The van der Waals surface area contributed by atoms with Crippen molar-refractivity contribution in [1.82, 2.24) is 4.90 Å². The zero-order valence-electron chi connectivity index (χ0n) is 14.5. The Balaban J connectivity index is 1.47. The average Bonchev–Trinajstić information content (AvgIpc) is 3.06. The zero-order valence-corrected chi connectivity index (χ0v) is 14.5. The summed E-state index contributed by atoms with van der Waals surface area (Å²) in [6.07, 6.45) is 0.897. The largest absolute Gasteiger partial charge is 0.457 e. The van der Waals surface area contributed by atoms with Gasteiger partial charge in [0.15, 0.2) is 12.4 Å². The Morgan fingerprint density at radius 3 is 2.35 bits per heavy atom. The molecule has 0 spiro atoms. The van der Waals surface area contributed by atoms with Crippen molar-refractivity contribution in [1.29, 1.82) is 0 Å². The van der Waals surface area contributed by atoms with E-state index >= 15 is 0 Å². The Labute approximate surface area is 152 Å². The molecule has 1 aliphatic rings. The first-order valence-electron chi connectivity index (χ1n) is 8.70. The maximum Gasteiger partial charge on any atom is 0.311 e. The molecule has 5 heteroatoms. The predicted molar refractivity (Wildman–Crippen MR) is 96.6 cm³/mol. The molecule has 0 radical (unpaired) electrons. The van der Waals surface area contributed by atoms with Gasteiger partial charge in [0.05, 0.1) is 5.92 Å². The molecule has 1 atom stereocenters. The molecule has 1 unspecified atom stereocenters. The van der Waals surface area contributed by atoms with Crippen LogP contribution in [0.3, 0.4) is 0 Å². The van der Waals surface area contributed by atoms with Gasteiger partial charge in [0.2, 0.25) is 5.91 Å². The van der Waals surface area contributed by atoms with Crippen LogP contribution in [-0.2, 0) is 20.7 Å². The van der Waals surface area contributed by atoms with E-state index in [1.54, 1.807) is 29.2 Å². The minimum Gasteiger partial charge on any atom is -0.457 e. The molecule has 1 aliphatic heterocycles. The molecule has 1 saturated heterocycles. The van der Waals surface area contributed by atoms with Crippen molar-refractivity contribution in [2.75, 3.05) is 19.7 Å². The maximum absolute atomic E-state index is 12.2. The van der Waals surface area contributed by atoms with Gasteiger partial charge in [-0.15, -0.1) is 0 Å². The number of carbonyl (C=O) groups is 3. The molecule has 3 rings (SSSR count). The second kappa shape index (κ2) is 8.43. The van der Waals surface area contributed by atoms with Crippen molar-refractivity contribution >= 4 is 17.7 Å². The molecule has 134 valence electrons. The third-order valence-corrected chi connectivity index (χ3v) is 4.50. The Bertz CT molecular complexity index is 773. The highest BCUT2D eigenvalue weighted by atomic mass is 16.5. The van der Waals surface area contributed by atoms with E-state index < -0.39 is 11.9 Å². The van der Waals surface area contributed by atoms with Crippen molar-refractivity contribution in [2.45, 2.75) is 12.8 Å². The molecule has 1 heterocycles. The van der Waals surface area contributed by atoms with E-state index in [2.05, 4.69) is 0 Å². The summed E-state index contributed by atoms with van der Waals surface area (Å²) in [7, 11) is 0. The summed E-state index contributed by atoms with van der Waals surface area (Å²) in [6, 6.07) is 18.6. The van der Waals surface area contributed by atoms with Crippen LogP contribution in [0.2, 0.25) is 0 Å². The molecule has 0 bridgehead atoms. The van der Waals surface area contributed by atoms with E-state index in [4.69, 9.17) is 4.74 Å². The molecule has 5 nitrogen and oxygen atoms in total. The fourth-order valence-corrected chi connectivity index (χ4v) is 3.02. The van der Waals surface area contributed by atoms with Crippen LogP contribution in [0, 0.1) is 5.92 Å². The zero-order chi connectivity index (χ0) is 18.4. The number of carbonyl (C=O) groups excluding carboxylic acids is 3. The third kappa shape index (κ3) is 4.57. The Morgan fingerprint density at radius 2 is 1.65 bits per heavy atom. The molecule has 2 aromatic rings. The second-order valence-corrected chi connectivity index (χ2v) is 6.37. The first kappa shape index (κ1) is 17.9. The van der Waals surface area contributed by atoms with Gasteiger partial charge in [-0.3, -0.25) is 14.4 Å². The Morgan fingerprint density at radius 1 is 1.00 bits per heavy atom. The lowest BCUT2D eigenvalue weighted by Crippen LogP contribution is -2.29. The molecular formula is C21H21NO4. The third-order valence-electron chi connectivity index (χ3n) is 4.50. The molecule has 1 fully saturated rings. The van der Waals surface area contributed by atoms with E-state index in [1.165, 1.54) is 0 Å². The lowest BCUT2D eigenvalue weighted by atomic mass is 10.1. The topological polar surface area (TPSA) is 63.7 Å². The van der Waals surface area contributed by atoms with E-state index in [9.17, 15) is 14.4 Å². The van der Waals surface area contributed by atoms with Crippen molar-refractivity contribution in [2.24, 2.45) is 5.92 Å². The van der Waals surface area contributed by atoms with Crippen LogP contribution in [0.15, 0.2) is 60.7 Å². The summed E-state index contributed by atoms with van der Waals surface area (Å²) in [4.78, 5) is 38.0. The van der Waals surface area contributed by atoms with Crippen LogP contribution in [0.5, 0.6) is 0 Å². The highest BCUT2D eigenvalue weighted by Crippen LogP contribution is 2.20. The summed E-state index contributed by atoms with van der Waals surface area (Å²) in [5, 5.41) is 0. The van der Waals surface area contributed by atoms with Gasteiger partial charge in [-0.05, 0) is 12.0 Å². The minimum atomic E-state index is -0.498. The lowest BCUT2D eigenvalue weighted by molar-refractivity contribution is -0.147. The van der Waals surface area contributed by atoms with E-state index in [0.29, 0.717) is 18.7 Å². The monoisotopic (exact) mass is 351 g/mol. The molecular weight excluding hydrogens is 330 g/mol. The van der Waals surface area contributed by atoms with Gasteiger partial charge >= 0.3 is 5.97 Å². The number of nitrogens with zero attached hydrogens (tertiary/aromatic N) is 1. The molecule has 2 aromatic carbocycles. The second-order valence-electron chi connectivity index (χ2n) is 6.37. The fraction of sp³-hybridized carbons (Fsp3) is 0.286. The van der Waals surface area contributed by atoms with Gasteiger partial charge in [-0.25, -0.2) is 0 Å². The van der Waals surface area contributed by atoms with Crippen LogP contribution in [0.25, 0.3) is 0 Å². The Kier molecular flexibility index (Phi) is 5.79. The molecule has 26 heavy (non-hydrogen) atoms. The number of ether oxygens (including phenoxy) is 1. The molecule has 0 saturated carbocycles. The maximum atomic E-state index is 12.2. The van der Waals surface area contributed by atoms with Gasteiger partial charge in [-0.2, -0.15) is 0 Å². The van der Waals surface area contributed by atoms with Crippen LogP contribution in [0.4, 0.5) is 0 Å². The lowest BCUT2D eigenvalue weighted by Gasteiger charge is -2.16.